The third-order valence-electron chi connectivity index (χ3n) is 2.23. The van der Waals surface area contributed by atoms with Crippen molar-refractivity contribution in [3.63, 3.8) is 0 Å². The van der Waals surface area contributed by atoms with Crippen LogP contribution in [0.4, 0.5) is 0 Å². The van der Waals surface area contributed by atoms with Gasteiger partial charge in [0.15, 0.2) is 5.76 Å². The standard InChI is InChI=1S/C12H17NO3.C3H8/c1-4-16-11-8-6-9(12(14)13-2)5-7-10(11)15-3;1-3-2/h5-6,8H,4,7H2,1-3H3,(H,13,14);3H2,1-2H3. The molecule has 0 spiro atoms. The number of rotatable bonds is 4. The molecule has 4 nitrogen and oxygen atoms in total. The van der Waals surface area contributed by atoms with Crippen molar-refractivity contribution in [1.29, 1.82) is 0 Å². The van der Waals surface area contributed by atoms with Gasteiger partial charge in [-0.1, -0.05) is 26.3 Å². The van der Waals surface area contributed by atoms with Crippen molar-refractivity contribution >= 4 is 5.91 Å². The number of hydrogen-bond acceptors (Lipinski definition) is 3. The highest BCUT2D eigenvalue weighted by molar-refractivity contribution is 5.96. The van der Waals surface area contributed by atoms with E-state index in [9.17, 15) is 4.79 Å². The number of methoxy groups -OCH3 is 1. The minimum Gasteiger partial charge on any atom is -0.497 e. The average molecular weight is 267 g/mol. The molecule has 0 bridgehead atoms. The molecule has 108 valence electrons. The van der Waals surface area contributed by atoms with Gasteiger partial charge in [0.05, 0.1) is 13.7 Å². The molecule has 0 saturated carbocycles. The molecule has 0 fully saturated rings. The second kappa shape index (κ2) is 10.2. The van der Waals surface area contributed by atoms with E-state index in [0.717, 1.165) is 5.76 Å². The normalized spacial score (nSPS) is 13.8. The summed E-state index contributed by atoms with van der Waals surface area (Å²) in [5.74, 6) is 1.31. The third kappa shape index (κ3) is 6.13. The Labute approximate surface area is 116 Å². The van der Waals surface area contributed by atoms with Gasteiger partial charge in [-0.25, -0.2) is 0 Å². The van der Waals surface area contributed by atoms with Crippen molar-refractivity contribution in [3.8, 4) is 0 Å². The number of nitrogens with one attached hydrogen (secondary N) is 1. The van der Waals surface area contributed by atoms with Gasteiger partial charge in [-0.2, -0.15) is 0 Å². The molecule has 4 heteroatoms. The Hall–Kier alpha value is -1.71. The van der Waals surface area contributed by atoms with E-state index in [1.54, 1.807) is 26.3 Å². The fourth-order valence-corrected chi connectivity index (χ4v) is 1.41. The number of allylic oxidation sites excluding steroid dienone is 2. The summed E-state index contributed by atoms with van der Waals surface area (Å²) in [7, 11) is 3.21. The molecule has 0 unspecified atom stereocenters. The van der Waals surface area contributed by atoms with E-state index in [1.165, 1.54) is 6.42 Å². The van der Waals surface area contributed by atoms with Crippen LogP contribution in [0, 0.1) is 0 Å². The van der Waals surface area contributed by atoms with Crippen LogP contribution in [0.15, 0.2) is 35.3 Å². The van der Waals surface area contributed by atoms with Gasteiger partial charge in [0.1, 0.15) is 5.76 Å². The van der Waals surface area contributed by atoms with Gasteiger partial charge in [0.2, 0.25) is 0 Å². The Morgan fingerprint density at radius 1 is 1.32 bits per heavy atom. The maximum atomic E-state index is 11.4. The molecule has 19 heavy (non-hydrogen) atoms. The second-order valence-electron chi connectivity index (χ2n) is 3.91. The number of ether oxygens (including phenoxy) is 2. The summed E-state index contributed by atoms with van der Waals surface area (Å²) in [6.07, 6.45) is 7.12. The highest BCUT2D eigenvalue weighted by Gasteiger charge is 2.12. The summed E-state index contributed by atoms with van der Waals surface area (Å²) in [6, 6.07) is 0. The minimum absolute atomic E-state index is 0.107. The molecule has 1 amide bonds. The van der Waals surface area contributed by atoms with E-state index in [2.05, 4.69) is 19.2 Å². The maximum absolute atomic E-state index is 11.4. The van der Waals surface area contributed by atoms with Crippen molar-refractivity contribution in [3.05, 3.63) is 35.3 Å². The topological polar surface area (TPSA) is 47.6 Å². The fourth-order valence-electron chi connectivity index (χ4n) is 1.41. The molecule has 0 aromatic rings. The number of carbonyl (C=O) groups is 1. The summed E-state index contributed by atoms with van der Waals surface area (Å²) in [4.78, 5) is 11.4. The Morgan fingerprint density at radius 2 is 1.95 bits per heavy atom. The van der Waals surface area contributed by atoms with Gasteiger partial charge in [-0.3, -0.25) is 4.79 Å². The summed E-state index contributed by atoms with van der Waals surface area (Å²) in [5, 5.41) is 2.58. The first-order valence-corrected chi connectivity index (χ1v) is 6.64. The van der Waals surface area contributed by atoms with E-state index < -0.39 is 0 Å². The maximum Gasteiger partial charge on any atom is 0.250 e. The summed E-state index contributed by atoms with van der Waals surface area (Å²) >= 11 is 0. The lowest BCUT2D eigenvalue weighted by Crippen LogP contribution is -2.18. The molecule has 1 aliphatic carbocycles. The fraction of sp³-hybridized carbons (Fsp3) is 0.533. The lowest BCUT2D eigenvalue weighted by atomic mass is 10.2. The Kier molecular flexibility index (Phi) is 9.31. The lowest BCUT2D eigenvalue weighted by molar-refractivity contribution is -0.116. The average Bonchev–Trinajstić information content (AvgIpc) is 2.61. The molecular weight excluding hydrogens is 242 g/mol. The van der Waals surface area contributed by atoms with Crippen LogP contribution in [0.2, 0.25) is 0 Å². The highest BCUT2D eigenvalue weighted by Crippen LogP contribution is 2.19. The van der Waals surface area contributed by atoms with Crippen molar-refractivity contribution in [2.24, 2.45) is 0 Å². The molecule has 0 aliphatic heterocycles. The SMILES string of the molecule is CCC.CCOC1=C(OC)CC=C(C(=O)NC)C=C1. The Morgan fingerprint density at radius 3 is 2.42 bits per heavy atom. The quantitative estimate of drug-likeness (QED) is 0.852. The molecule has 1 aliphatic rings. The summed E-state index contributed by atoms with van der Waals surface area (Å²) in [6.45, 7) is 6.73. The highest BCUT2D eigenvalue weighted by atomic mass is 16.5. The first-order valence-electron chi connectivity index (χ1n) is 6.64. The molecule has 0 radical (unpaired) electrons. The number of carbonyl (C=O) groups excluding carboxylic acids is 1. The first-order chi connectivity index (χ1) is 9.14. The second-order valence-corrected chi connectivity index (χ2v) is 3.91. The molecule has 0 heterocycles. The zero-order valence-electron chi connectivity index (χ0n) is 12.6. The first kappa shape index (κ1) is 17.3. The van der Waals surface area contributed by atoms with Crippen LogP contribution in [0.1, 0.15) is 33.6 Å². The van der Waals surface area contributed by atoms with E-state index in [-0.39, 0.29) is 5.91 Å². The van der Waals surface area contributed by atoms with Crippen LogP contribution in [0.5, 0.6) is 0 Å². The monoisotopic (exact) mass is 267 g/mol. The molecule has 0 aromatic heterocycles. The molecule has 0 atom stereocenters. The third-order valence-corrected chi connectivity index (χ3v) is 2.23. The lowest BCUT2D eigenvalue weighted by Gasteiger charge is -2.08. The van der Waals surface area contributed by atoms with E-state index in [4.69, 9.17) is 9.47 Å². The van der Waals surface area contributed by atoms with Crippen LogP contribution >= 0.6 is 0 Å². The Bertz CT molecular complexity index is 368. The number of likely N-dealkylation sites (N-methyl/N-ethyl adjacent to an activating group) is 1. The van der Waals surface area contributed by atoms with E-state index in [0.29, 0.717) is 24.4 Å². The number of hydrogen-bond donors (Lipinski definition) is 1. The number of amides is 1. The van der Waals surface area contributed by atoms with Crippen LogP contribution < -0.4 is 5.32 Å². The zero-order chi connectivity index (χ0) is 14.7. The van der Waals surface area contributed by atoms with E-state index >= 15 is 0 Å². The van der Waals surface area contributed by atoms with E-state index in [1.807, 2.05) is 13.0 Å². The minimum atomic E-state index is -0.107. The van der Waals surface area contributed by atoms with Gasteiger partial charge in [0.25, 0.3) is 5.91 Å². The van der Waals surface area contributed by atoms with Gasteiger partial charge in [-0.15, -0.1) is 0 Å². The van der Waals surface area contributed by atoms with Gasteiger partial charge < -0.3 is 14.8 Å². The van der Waals surface area contributed by atoms with Crippen molar-refractivity contribution in [2.75, 3.05) is 20.8 Å². The zero-order valence-corrected chi connectivity index (χ0v) is 12.6. The van der Waals surface area contributed by atoms with Gasteiger partial charge in [0, 0.05) is 19.0 Å². The molecule has 0 saturated heterocycles. The molecule has 1 N–H and O–H groups in total. The predicted octanol–water partition coefficient (Wildman–Crippen LogP) is 2.93. The summed E-state index contributed by atoms with van der Waals surface area (Å²) < 4.78 is 10.7. The van der Waals surface area contributed by atoms with Crippen molar-refractivity contribution in [1.82, 2.24) is 5.32 Å². The smallest absolute Gasteiger partial charge is 0.250 e. The van der Waals surface area contributed by atoms with Gasteiger partial charge >= 0.3 is 0 Å². The summed E-state index contributed by atoms with van der Waals surface area (Å²) in [5.41, 5.74) is 0.617. The Balaban J connectivity index is 0.000000982. The van der Waals surface area contributed by atoms with Crippen molar-refractivity contribution < 1.29 is 14.3 Å². The molecular formula is C15H25NO3. The van der Waals surface area contributed by atoms with Crippen molar-refractivity contribution in [2.45, 2.75) is 33.6 Å². The molecule has 0 aromatic carbocycles. The van der Waals surface area contributed by atoms with Crippen LogP contribution in [-0.2, 0) is 14.3 Å². The van der Waals surface area contributed by atoms with Gasteiger partial charge in [-0.05, 0) is 19.1 Å². The predicted molar refractivity (Wildman–Crippen MR) is 77.5 cm³/mol. The molecule has 1 rings (SSSR count). The van der Waals surface area contributed by atoms with Crippen LogP contribution in [0.25, 0.3) is 0 Å². The van der Waals surface area contributed by atoms with Crippen LogP contribution in [-0.4, -0.2) is 26.7 Å². The largest absolute Gasteiger partial charge is 0.497 e. The van der Waals surface area contributed by atoms with Crippen LogP contribution in [0.3, 0.4) is 0 Å².